The SMILES string of the molecule is CC(C)N1CCN([n+]2cc(NC(=O)CCSC(=O)c3ccc(F)cc3)on2)CC1. The molecule has 0 bridgehead atoms. The maximum absolute atomic E-state index is 12.9. The van der Waals surface area contributed by atoms with Crippen LogP contribution in [0.2, 0.25) is 0 Å². The topological polar surface area (TPSA) is 82.6 Å². The Balaban J connectivity index is 1.41. The molecule has 156 valence electrons. The summed E-state index contributed by atoms with van der Waals surface area (Å²) in [6, 6.07) is 5.85. The van der Waals surface area contributed by atoms with Crippen LogP contribution in [0.3, 0.4) is 0 Å². The van der Waals surface area contributed by atoms with E-state index in [4.69, 9.17) is 4.52 Å². The highest BCUT2D eigenvalue weighted by molar-refractivity contribution is 8.14. The van der Waals surface area contributed by atoms with Gasteiger partial charge in [-0.25, -0.2) is 4.39 Å². The summed E-state index contributed by atoms with van der Waals surface area (Å²) in [7, 11) is 0. The molecule has 1 N–H and O–H groups in total. The van der Waals surface area contributed by atoms with E-state index in [9.17, 15) is 14.0 Å². The van der Waals surface area contributed by atoms with Gasteiger partial charge in [0.2, 0.25) is 16.3 Å². The molecular formula is C19H25FN5O3S+. The van der Waals surface area contributed by atoms with Crippen LogP contribution < -0.4 is 15.1 Å². The first-order chi connectivity index (χ1) is 13.9. The molecule has 8 nitrogen and oxygen atoms in total. The number of amides is 1. The molecule has 1 aliphatic rings. The molecular weight excluding hydrogens is 397 g/mol. The predicted molar refractivity (Wildman–Crippen MR) is 108 cm³/mol. The Morgan fingerprint density at radius 3 is 2.59 bits per heavy atom. The van der Waals surface area contributed by atoms with E-state index < -0.39 is 5.82 Å². The van der Waals surface area contributed by atoms with Crippen LogP contribution >= 0.6 is 11.8 Å². The molecule has 1 amide bonds. The molecule has 2 heterocycles. The van der Waals surface area contributed by atoms with Crippen LogP contribution in [0.1, 0.15) is 30.6 Å². The highest BCUT2D eigenvalue weighted by Crippen LogP contribution is 2.14. The zero-order valence-corrected chi connectivity index (χ0v) is 17.3. The van der Waals surface area contributed by atoms with Crippen LogP contribution in [0.4, 0.5) is 10.3 Å². The molecule has 1 fully saturated rings. The number of hydrogen-bond donors (Lipinski definition) is 1. The minimum absolute atomic E-state index is 0.144. The van der Waals surface area contributed by atoms with Crippen molar-refractivity contribution in [3.05, 3.63) is 41.8 Å². The van der Waals surface area contributed by atoms with Crippen molar-refractivity contribution in [1.29, 1.82) is 0 Å². The minimum Gasteiger partial charge on any atom is -0.297 e. The third-order valence-corrected chi connectivity index (χ3v) is 5.58. The van der Waals surface area contributed by atoms with E-state index in [2.05, 4.69) is 34.3 Å². The number of halogens is 1. The van der Waals surface area contributed by atoms with Gasteiger partial charge in [0.1, 0.15) is 5.82 Å². The monoisotopic (exact) mass is 422 g/mol. The van der Waals surface area contributed by atoms with E-state index in [1.54, 1.807) is 11.0 Å². The van der Waals surface area contributed by atoms with Crippen LogP contribution in [-0.2, 0) is 4.79 Å². The molecule has 0 radical (unpaired) electrons. The quantitative estimate of drug-likeness (QED) is 0.680. The minimum atomic E-state index is -0.392. The summed E-state index contributed by atoms with van der Waals surface area (Å²) >= 11 is 1.02. The summed E-state index contributed by atoms with van der Waals surface area (Å²) in [5.41, 5.74) is 0.408. The lowest BCUT2D eigenvalue weighted by molar-refractivity contribution is -0.759. The largest absolute Gasteiger partial charge is 0.305 e. The second kappa shape index (κ2) is 9.84. The fourth-order valence-corrected chi connectivity index (χ4v) is 3.74. The van der Waals surface area contributed by atoms with Gasteiger partial charge in [0.25, 0.3) is 6.20 Å². The summed E-state index contributed by atoms with van der Waals surface area (Å²) in [6.07, 6.45) is 1.78. The summed E-state index contributed by atoms with van der Waals surface area (Å²) in [5, 5.41) is 8.46. The van der Waals surface area contributed by atoms with Crippen molar-refractivity contribution in [2.45, 2.75) is 26.3 Å². The maximum atomic E-state index is 12.9. The van der Waals surface area contributed by atoms with Gasteiger partial charge in [0, 0.05) is 36.9 Å². The Labute approximate surface area is 173 Å². The van der Waals surface area contributed by atoms with Gasteiger partial charge in [-0.1, -0.05) is 11.8 Å². The molecule has 29 heavy (non-hydrogen) atoms. The van der Waals surface area contributed by atoms with Gasteiger partial charge in [-0.2, -0.15) is 5.01 Å². The van der Waals surface area contributed by atoms with Crippen molar-refractivity contribution < 1.29 is 23.3 Å². The number of rotatable bonds is 7. The Bertz CT molecular complexity index is 835. The van der Waals surface area contributed by atoms with Crippen LogP contribution in [0, 0.1) is 5.82 Å². The number of thioether (sulfide) groups is 1. The number of aromatic nitrogens is 2. The summed E-state index contributed by atoms with van der Waals surface area (Å²) in [4.78, 5) is 28.1. The normalized spacial score (nSPS) is 15.0. The number of benzene rings is 1. The second-order valence-corrected chi connectivity index (χ2v) is 8.08. The average molecular weight is 423 g/mol. The number of anilines is 1. The molecule has 0 aliphatic carbocycles. The van der Waals surface area contributed by atoms with E-state index in [0.29, 0.717) is 17.4 Å². The first-order valence-electron chi connectivity index (χ1n) is 9.53. The molecule has 1 saturated heterocycles. The summed E-state index contributed by atoms with van der Waals surface area (Å²) in [5.74, 6) is -0.0848. The first kappa shape index (κ1) is 21.3. The number of carbonyl (C=O) groups is 2. The lowest BCUT2D eigenvalue weighted by Gasteiger charge is -2.32. The highest BCUT2D eigenvalue weighted by atomic mass is 32.2. The Morgan fingerprint density at radius 2 is 1.93 bits per heavy atom. The van der Waals surface area contributed by atoms with Crippen LogP contribution in [0.25, 0.3) is 0 Å². The van der Waals surface area contributed by atoms with Crippen molar-refractivity contribution >= 4 is 28.7 Å². The smallest absolute Gasteiger partial charge is 0.297 e. The first-order valence-corrected chi connectivity index (χ1v) is 10.5. The maximum Gasteiger partial charge on any atom is 0.305 e. The third kappa shape index (κ3) is 6.01. The Kier molecular flexibility index (Phi) is 7.21. The van der Waals surface area contributed by atoms with Crippen molar-refractivity contribution in [1.82, 2.24) is 10.2 Å². The Morgan fingerprint density at radius 1 is 1.24 bits per heavy atom. The standard InChI is InChI=1S/C19H24FN5O3S/c1-14(2)23-8-10-24(11-9-23)25-13-18(28-22-25)21-17(26)7-12-29-19(27)15-3-5-16(20)6-4-15/h3-6,13-14H,7-12H2,1-2H3/p+1. The molecule has 1 aliphatic heterocycles. The summed E-state index contributed by atoms with van der Waals surface area (Å²) in [6.45, 7) is 7.89. The number of nitrogens with one attached hydrogen (secondary N) is 1. The molecule has 0 atom stereocenters. The molecule has 2 aromatic rings. The van der Waals surface area contributed by atoms with E-state index in [1.165, 1.54) is 24.3 Å². The van der Waals surface area contributed by atoms with Gasteiger partial charge in [-0.15, -0.1) is 0 Å². The molecule has 0 spiro atoms. The molecule has 3 rings (SSSR count). The highest BCUT2D eigenvalue weighted by Gasteiger charge is 2.27. The van der Waals surface area contributed by atoms with Gasteiger partial charge in [0.05, 0.1) is 17.9 Å². The number of hydrogen-bond acceptors (Lipinski definition) is 7. The van der Waals surface area contributed by atoms with Gasteiger partial charge < -0.3 is 0 Å². The zero-order valence-electron chi connectivity index (χ0n) is 16.5. The molecule has 1 aromatic heterocycles. The third-order valence-electron chi connectivity index (χ3n) is 4.67. The zero-order chi connectivity index (χ0) is 20.8. The van der Waals surface area contributed by atoms with Crippen LogP contribution in [-0.4, -0.2) is 59.2 Å². The fraction of sp³-hybridized carbons (Fsp3) is 0.474. The summed E-state index contributed by atoms with van der Waals surface area (Å²) < 4.78 is 18.1. The van der Waals surface area contributed by atoms with Crippen molar-refractivity contribution in [3.8, 4) is 0 Å². The lowest BCUT2D eigenvalue weighted by Crippen LogP contribution is -2.65. The van der Waals surface area contributed by atoms with Gasteiger partial charge >= 0.3 is 5.88 Å². The van der Waals surface area contributed by atoms with E-state index in [-0.39, 0.29) is 23.3 Å². The molecule has 1 aromatic carbocycles. The van der Waals surface area contributed by atoms with Crippen molar-refractivity contribution in [3.63, 3.8) is 0 Å². The molecule has 0 saturated carbocycles. The molecule has 0 unspecified atom stereocenters. The lowest BCUT2D eigenvalue weighted by atomic mass is 10.2. The Hall–Kier alpha value is -2.46. The van der Waals surface area contributed by atoms with E-state index in [0.717, 1.165) is 37.9 Å². The number of piperazine rings is 1. The number of carbonyl (C=O) groups excluding carboxylic acids is 2. The van der Waals surface area contributed by atoms with E-state index >= 15 is 0 Å². The van der Waals surface area contributed by atoms with Crippen molar-refractivity contribution in [2.24, 2.45) is 0 Å². The van der Waals surface area contributed by atoms with Gasteiger partial charge in [-0.3, -0.25) is 24.3 Å². The second-order valence-electron chi connectivity index (χ2n) is 7.01. The van der Waals surface area contributed by atoms with E-state index in [1.807, 2.05) is 0 Å². The average Bonchev–Trinajstić information content (AvgIpc) is 3.17. The number of nitrogens with zero attached hydrogens (tertiary/aromatic N) is 4. The fourth-order valence-electron chi connectivity index (χ4n) is 2.96. The van der Waals surface area contributed by atoms with Gasteiger partial charge in [-0.05, 0) is 38.1 Å². The predicted octanol–water partition coefficient (Wildman–Crippen LogP) is 1.67. The van der Waals surface area contributed by atoms with Crippen LogP contribution in [0.15, 0.2) is 35.0 Å². The van der Waals surface area contributed by atoms with Gasteiger partial charge in [0.15, 0.2) is 0 Å². The molecule has 10 heteroatoms. The van der Waals surface area contributed by atoms with Crippen LogP contribution in [0.5, 0.6) is 0 Å². The van der Waals surface area contributed by atoms with Crippen molar-refractivity contribution in [2.75, 3.05) is 42.3 Å².